The summed E-state index contributed by atoms with van der Waals surface area (Å²) in [6.07, 6.45) is 4.97. The Morgan fingerprint density at radius 3 is 2.56 bits per heavy atom. The lowest BCUT2D eigenvalue weighted by molar-refractivity contribution is 0.0980. The Kier molecular flexibility index (Phi) is 4.98. The molecule has 0 spiro atoms. The van der Waals surface area contributed by atoms with E-state index in [2.05, 4.69) is 5.10 Å². The van der Waals surface area contributed by atoms with Crippen molar-refractivity contribution in [3.63, 3.8) is 0 Å². The van der Waals surface area contributed by atoms with Gasteiger partial charge in [0.2, 0.25) is 10.0 Å². The summed E-state index contributed by atoms with van der Waals surface area (Å²) >= 11 is 0. The van der Waals surface area contributed by atoms with E-state index in [1.165, 1.54) is 6.20 Å². The summed E-state index contributed by atoms with van der Waals surface area (Å²) in [6.45, 7) is 0. The van der Waals surface area contributed by atoms with E-state index < -0.39 is 21.5 Å². The highest BCUT2D eigenvalue weighted by Crippen LogP contribution is 2.29. The minimum Gasteiger partial charge on any atom is -0.268 e. The van der Waals surface area contributed by atoms with Crippen molar-refractivity contribution in [1.82, 2.24) is 14.5 Å². The lowest BCUT2D eigenvalue weighted by Crippen LogP contribution is -2.34. The summed E-state index contributed by atoms with van der Waals surface area (Å²) in [5, 5.41) is 3.94. The third kappa shape index (κ3) is 4.33. The Morgan fingerprint density at radius 2 is 1.96 bits per heavy atom. The highest BCUT2D eigenvalue weighted by molar-refractivity contribution is 7.90. The molecule has 1 saturated carbocycles. The zero-order chi connectivity index (χ0) is 17.9. The zero-order valence-corrected chi connectivity index (χ0v) is 14.4. The molecule has 1 aromatic heterocycles. The third-order valence-corrected chi connectivity index (χ3v) is 5.60. The summed E-state index contributed by atoms with van der Waals surface area (Å²) in [6, 6.07) is 9.83. The van der Waals surface area contributed by atoms with Crippen LogP contribution >= 0.6 is 0 Å². The van der Waals surface area contributed by atoms with Gasteiger partial charge in [0.25, 0.3) is 11.5 Å². The van der Waals surface area contributed by atoms with Gasteiger partial charge in [-0.05, 0) is 24.5 Å². The summed E-state index contributed by atoms with van der Waals surface area (Å²) in [7, 11) is -3.71. The largest absolute Gasteiger partial charge is 0.272 e. The number of nitrogens with one attached hydrogen (secondary N) is 1. The molecule has 1 amide bonds. The van der Waals surface area contributed by atoms with Crippen LogP contribution in [0, 0.1) is 5.92 Å². The molecule has 3 rings (SSSR count). The quantitative estimate of drug-likeness (QED) is 0.840. The molecule has 0 bridgehead atoms. The normalized spacial score (nSPS) is 14.7. The molecule has 0 radical (unpaired) electrons. The number of benzene rings is 1. The maximum absolute atomic E-state index is 12.1. The second kappa shape index (κ2) is 7.18. The first-order valence-corrected chi connectivity index (χ1v) is 9.79. The number of nitrogens with zero attached hydrogens (tertiary/aromatic N) is 2. The van der Waals surface area contributed by atoms with Crippen molar-refractivity contribution in [2.45, 2.75) is 25.7 Å². The predicted molar refractivity (Wildman–Crippen MR) is 93.0 cm³/mol. The summed E-state index contributed by atoms with van der Waals surface area (Å²) in [5.41, 5.74) is -0.0253. The van der Waals surface area contributed by atoms with Gasteiger partial charge in [-0.1, -0.05) is 37.5 Å². The lowest BCUT2D eigenvalue weighted by atomic mass is 9.84. The van der Waals surface area contributed by atoms with Crippen LogP contribution in [0.15, 0.2) is 47.4 Å². The Hall–Kier alpha value is -2.48. The van der Waals surface area contributed by atoms with Crippen LogP contribution in [0.3, 0.4) is 0 Å². The molecule has 132 valence electrons. The van der Waals surface area contributed by atoms with Crippen LogP contribution in [0.1, 0.15) is 36.0 Å². The standard InChI is InChI=1S/C17H19N3O4S/c21-16-11-14(12-18-20(16)15-7-2-1-3-8-15)17(22)19-25(23,24)10-9-13-5-4-6-13/h1-3,7-8,11-13H,4-6,9-10H2,(H,19,22). The smallest absolute Gasteiger partial charge is 0.268 e. The Balaban J connectivity index is 1.70. The molecular weight excluding hydrogens is 342 g/mol. The molecule has 0 saturated heterocycles. The van der Waals surface area contributed by atoms with Gasteiger partial charge in [0.1, 0.15) is 0 Å². The number of aromatic nitrogens is 2. The molecule has 1 aromatic carbocycles. The minimum absolute atomic E-state index is 0.0793. The number of hydrogen-bond donors (Lipinski definition) is 1. The fourth-order valence-electron chi connectivity index (χ4n) is 2.65. The third-order valence-electron chi connectivity index (χ3n) is 4.33. The summed E-state index contributed by atoms with van der Waals surface area (Å²) < 4.78 is 27.1. The fraction of sp³-hybridized carbons (Fsp3) is 0.353. The van der Waals surface area contributed by atoms with Crippen LogP contribution in [0.25, 0.3) is 5.69 Å². The molecule has 0 atom stereocenters. The highest BCUT2D eigenvalue weighted by Gasteiger charge is 2.22. The number of hydrogen-bond acceptors (Lipinski definition) is 5. The van der Waals surface area contributed by atoms with Crippen molar-refractivity contribution in [2.75, 3.05) is 5.75 Å². The minimum atomic E-state index is -3.71. The Labute approximate surface area is 145 Å². The molecule has 1 fully saturated rings. The second-order valence-corrected chi connectivity index (χ2v) is 8.01. The van der Waals surface area contributed by atoms with Crippen LogP contribution in [-0.2, 0) is 10.0 Å². The number of para-hydroxylation sites is 1. The second-order valence-electron chi connectivity index (χ2n) is 6.17. The molecule has 0 unspecified atom stereocenters. The van der Waals surface area contributed by atoms with E-state index in [0.29, 0.717) is 18.0 Å². The molecule has 1 N–H and O–H groups in total. The first kappa shape index (κ1) is 17.3. The van der Waals surface area contributed by atoms with Crippen LogP contribution in [0.2, 0.25) is 0 Å². The van der Waals surface area contributed by atoms with E-state index in [-0.39, 0.29) is 11.3 Å². The van der Waals surface area contributed by atoms with E-state index in [4.69, 9.17) is 0 Å². The molecule has 7 nitrogen and oxygen atoms in total. The molecule has 1 aliphatic rings. The maximum Gasteiger partial charge on any atom is 0.272 e. The van der Waals surface area contributed by atoms with Crippen LogP contribution in [-0.4, -0.2) is 29.9 Å². The number of carbonyl (C=O) groups excluding carboxylic acids is 1. The topological polar surface area (TPSA) is 98.1 Å². The summed E-state index contributed by atoms with van der Waals surface area (Å²) in [5.74, 6) is -0.487. The molecule has 1 heterocycles. The highest BCUT2D eigenvalue weighted by atomic mass is 32.2. The van der Waals surface area contributed by atoms with Crippen molar-refractivity contribution >= 4 is 15.9 Å². The van der Waals surface area contributed by atoms with E-state index in [1.54, 1.807) is 24.3 Å². The van der Waals surface area contributed by atoms with Crippen LogP contribution < -0.4 is 10.3 Å². The van der Waals surface area contributed by atoms with E-state index in [1.807, 2.05) is 10.8 Å². The average Bonchev–Trinajstić information content (AvgIpc) is 2.53. The maximum atomic E-state index is 12.1. The van der Waals surface area contributed by atoms with E-state index >= 15 is 0 Å². The molecular formula is C17H19N3O4S. The van der Waals surface area contributed by atoms with Crippen LogP contribution in [0.4, 0.5) is 0 Å². The first-order chi connectivity index (χ1) is 11.9. The summed E-state index contributed by atoms with van der Waals surface area (Å²) in [4.78, 5) is 24.3. The lowest BCUT2D eigenvalue weighted by Gasteiger charge is -2.24. The van der Waals surface area contributed by atoms with Crippen molar-refractivity contribution in [1.29, 1.82) is 0 Å². The Bertz CT molecular complexity index is 918. The molecule has 2 aromatic rings. The van der Waals surface area contributed by atoms with Gasteiger partial charge in [0.15, 0.2) is 0 Å². The number of amides is 1. The average molecular weight is 361 g/mol. The van der Waals surface area contributed by atoms with Crippen LogP contribution in [0.5, 0.6) is 0 Å². The molecule has 8 heteroatoms. The van der Waals surface area contributed by atoms with Gasteiger partial charge in [-0.25, -0.2) is 13.1 Å². The van der Waals surface area contributed by atoms with Gasteiger partial charge >= 0.3 is 0 Å². The number of rotatable bonds is 6. The monoisotopic (exact) mass is 361 g/mol. The molecule has 0 aliphatic heterocycles. The van der Waals surface area contributed by atoms with Gasteiger partial charge in [0, 0.05) is 6.07 Å². The predicted octanol–water partition coefficient (Wildman–Crippen LogP) is 1.48. The molecule has 1 aliphatic carbocycles. The fourth-order valence-corrected chi connectivity index (χ4v) is 3.80. The van der Waals surface area contributed by atoms with Gasteiger partial charge < -0.3 is 0 Å². The first-order valence-electron chi connectivity index (χ1n) is 8.14. The number of carbonyl (C=O) groups is 1. The van der Waals surface area contributed by atoms with Crippen molar-refractivity contribution in [3.05, 3.63) is 58.5 Å². The van der Waals surface area contributed by atoms with Crippen molar-refractivity contribution in [2.24, 2.45) is 5.92 Å². The van der Waals surface area contributed by atoms with E-state index in [9.17, 15) is 18.0 Å². The van der Waals surface area contributed by atoms with Gasteiger partial charge in [0.05, 0.1) is 23.2 Å². The van der Waals surface area contributed by atoms with Crippen molar-refractivity contribution in [3.8, 4) is 5.69 Å². The molecule has 25 heavy (non-hydrogen) atoms. The zero-order valence-electron chi connectivity index (χ0n) is 13.6. The SMILES string of the molecule is O=C(NS(=O)(=O)CCC1CCC1)c1cnn(-c2ccccc2)c(=O)c1. The van der Waals surface area contributed by atoms with Gasteiger partial charge in [-0.3, -0.25) is 9.59 Å². The van der Waals surface area contributed by atoms with Crippen molar-refractivity contribution < 1.29 is 13.2 Å². The number of sulfonamides is 1. The van der Waals surface area contributed by atoms with Gasteiger partial charge in [-0.2, -0.15) is 9.78 Å². The van der Waals surface area contributed by atoms with Gasteiger partial charge in [-0.15, -0.1) is 0 Å². The Morgan fingerprint density at radius 1 is 1.24 bits per heavy atom. The van der Waals surface area contributed by atoms with E-state index in [0.717, 1.165) is 30.0 Å².